The second-order valence-electron chi connectivity index (χ2n) is 6.33. The van der Waals surface area contributed by atoms with Crippen molar-refractivity contribution in [1.82, 2.24) is 15.3 Å². The van der Waals surface area contributed by atoms with Gasteiger partial charge in [-0.3, -0.25) is 4.79 Å². The summed E-state index contributed by atoms with van der Waals surface area (Å²) in [6.45, 7) is 1.11. The van der Waals surface area contributed by atoms with Crippen molar-refractivity contribution in [1.29, 1.82) is 0 Å². The van der Waals surface area contributed by atoms with Crippen LogP contribution in [0.2, 0.25) is 0 Å². The molecule has 0 aliphatic rings. The molecule has 29 heavy (non-hydrogen) atoms. The minimum Gasteiger partial charge on any atom is -0.493 e. The molecule has 3 rings (SSSR count). The van der Waals surface area contributed by atoms with Crippen molar-refractivity contribution in [2.75, 3.05) is 26.1 Å². The van der Waals surface area contributed by atoms with Crippen LogP contribution in [0.25, 0.3) is 0 Å². The molecular formula is C22H24N4O3. The molecular weight excluding hydrogens is 368 g/mol. The van der Waals surface area contributed by atoms with E-state index in [4.69, 9.17) is 9.47 Å². The summed E-state index contributed by atoms with van der Waals surface area (Å²) >= 11 is 0. The number of amides is 1. The van der Waals surface area contributed by atoms with Crippen molar-refractivity contribution in [3.05, 3.63) is 77.6 Å². The number of anilines is 1. The Labute approximate surface area is 170 Å². The normalized spacial score (nSPS) is 10.3. The van der Waals surface area contributed by atoms with Crippen molar-refractivity contribution >= 4 is 11.9 Å². The van der Waals surface area contributed by atoms with Crippen molar-refractivity contribution in [3.8, 4) is 11.5 Å². The number of methoxy groups -OCH3 is 2. The quantitative estimate of drug-likeness (QED) is 0.582. The van der Waals surface area contributed by atoms with Gasteiger partial charge < -0.3 is 20.1 Å². The van der Waals surface area contributed by atoms with E-state index in [9.17, 15) is 4.79 Å². The molecule has 0 unspecified atom stereocenters. The van der Waals surface area contributed by atoms with Gasteiger partial charge in [0.2, 0.25) is 5.95 Å². The summed E-state index contributed by atoms with van der Waals surface area (Å²) in [4.78, 5) is 20.6. The van der Waals surface area contributed by atoms with Gasteiger partial charge >= 0.3 is 0 Å². The predicted molar refractivity (Wildman–Crippen MR) is 111 cm³/mol. The molecule has 7 heteroatoms. The molecule has 7 nitrogen and oxygen atoms in total. The average molecular weight is 392 g/mol. The summed E-state index contributed by atoms with van der Waals surface area (Å²) in [5.74, 6) is 1.68. The Hall–Kier alpha value is -3.61. The van der Waals surface area contributed by atoms with E-state index in [1.54, 1.807) is 14.2 Å². The fraction of sp³-hybridized carbons (Fsp3) is 0.227. The summed E-state index contributed by atoms with van der Waals surface area (Å²) in [7, 11) is 3.23. The molecule has 0 aliphatic heterocycles. The van der Waals surface area contributed by atoms with E-state index < -0.39 is 0 Å². The molecule has 2 N–H and O–H groups in total. The number of nitrogens with zero attached hydrogens (tertiary/aromatic N) is 2. The molecule has 1 aromatic heterocycles. The lowest BCUT2D eigenvalue weighted by Crippen LogP contribution is -2.23. The number of carbonyl (C=O) groups excluding carboxylic acids is 1. The topological polar surface area (TPSA) is 85.4 Å². The minimum absolute atomic E-state index is 0.203. The van der Waals surface area contributed by atoms with Gasteiger partial charge in [-0.1, -0.05) is 36.4 Å². The third-order valence-electron chi connectivity index (χ3n) is 4.35. The number of ether oxygens (including phenoxy) is 2. The summed E-state index contributed by atoms with van der Waals surface area (Å²) in [6, 6.07) is 15.6. The van der Waals surface area contributed by atoms with Crippen LogP contribution in [-0.2, 0) is 13.0 Å². The molecule has 0 aliphatic carbocycles. The third-order valence-corrected chi connectivity index (χ3v) is 4.35. The summed E-state index contributed by atoms with van der Waals surface area (Å²) < 4.78 is 10.6. The molecule has 0 saturated carbocycles. The van der Waals surface area contributed by atoms with Gasteiger partial charge in [-0.2, -0.15) is 0 Å². The minimum atomic E-state index is -0.203. The van der Waals surface area contributed by atoms with E-state index in [0.717, 1.165) is 17.5 Å². The molecule has 1 heterocycles. The van der Waals surface area contributed by atoms with Crippen molar-refractivity contribution in [2.45, 2.75) is 13.0 Å². The first-order valence-electron chi connectivity index (χ1n) is 9.28. The number of hydrogen-bond acceptors (Lipinski definition) is 6. The second kappa shape index (κ2) is 10.1. The Morgan fingerprint density at radius 1 is 0.931 bits per heavy atom. The van der Waals surface area contributed by atoms with Gasteiger partial charge in [0, 0.05) is 25.5 Å². The zero-order valence-corrected chi connectivity index (χ0v) is 16.5. The number of hydrogen-bond donors (Lipinski definition) is 2. The van der Waals surface area contributed by atoms with Crippen LogP contribution in [0.1, 0.15) is 21.5 Å². The van der Waals surface area contributed by atoms with Gasteiger partial charge in [0.05, 0.1) is 19.8 Å². The summed E-state index contributed by atoms with van der Waals surface area (Å²) in [6.07, 6.45) is 3.81. The second-order valence-corrected chi connectivity index (χ2v) is 6.33. The summed E-state index contributed by atoms with van der Waals surface area (Å²) in [5, 5.41) is 6.02. The lowest BCUT2D eigenvalue weighted by molar-refractivity contribution is 0.0950. The molecule has 0 saturated heterocycles. The number of rotatable bonds is 9. The summed E-state index contributed by atoms with van der Waals surface area (Å²) in [5.41, 5.74) is 2.56. The van der Waals surface area contributed by atoms with Gasteiger partial charge in [0.15, 0.2) is 11.5 Å². The van der Waals surface area contributed by atoms with Gasteiger partial charge in [-0.15, -0.1) is 0 Å². The highest BCUT2D eigenvalue weighted by Crippen LogP contribution is 2.27. The van der Waals surface area contributed by atoms with Crippen molar-refractivity contribution in [3.63, 3.8) is 0 Å². The van der Waals surface area contributed by atoms with Crippen LogP contribution in [-0.4, -0.2) is 36.6 Å². The number of nitrogens with one attached hydrogen (secondary N) is 2. The Balaban J connectivity index is 1.48. The van der Waals surface area contributed by atoms with Crippen LogP contribution in [0.15, 0.2) is 60.9 Å². The lowest BCUT2D eigenvalue weighted by Gasteiger charge is -2.10. The fourth-order valence-corrected chi connectivity index (χ4v) is 2.77. The van der Waals surface area contributed by atoms with Crippen LogP contribution in [0.4, 0.5) is 5.95 Å². The number of benzene rings is 2. The average Bonchev–Trinajstić information content (AvgIpc) is 2.78. The van der Waals surface area contributed by atoms with Crippen LogP contribution in [0, 0.1) is 0 Å². The van der Waals surface area contributed by atoms with Gasteiger partial charge in [-0.05, 0) is 29.7 Å². The lowest BCUT2D eigenvalue weighted by atomic mass is 10.1. The molecule has 150 valence electrons. The van der Waals surface area contributed by atoms with E-state index in [2.05, 4.69) is 20.6 Å². The molecule has 2 aromatic carbocycles. The standard InChI is InChI=1S/C22H24N4O3/c1-28-19-9-8-16(12-20(19)29-2)10-11-23-22-25-14-18(15-26-22)21(27)24-13-17-6-4-3-5-7-17/h3-9,12,14-15H,10-11,13H2,1-2H3,(H,24,27)(H,23,25,26). The van der Waals surface area contributed by atoms with Crippen molar-refractivity contribution < 1.29 is 14.3 Å². The Morgan fingerprint density at radius 2 is 1.66 bits per heavy atom. The molecule has 0 spiro atoms. The maximum atomic E-state index is 12.2. The van der Waals surface area contributed by atoms with Crippen LogP contribution >= 0.6 is 0 Å². The van der Waals surface area contributed by atoms with Crippen LogP contribution in [0.3, 0.4) is 0 Å². The highest BCUT2D eigenvalue weighted by molar-refractivity contribution is 5.93. The van der Waals surface area contributed by atoms with E-state index in [0.29, 0.717) is 36.1 Å². The maximum absolute atomic E-state index is 12.2. The van der Waals surface area contributed by atoms with Crippen LogP contribution in [0.5, 0.6) is 11.5 Å². The number of aromatic nitrogens is 2. The van der Waals surface area contributed by atoms with Gasteiger partial charge in [-0.25, -0.2) is 9.97 Å². The van der Waals surface area contributed by atoms with E-state index in [1.165, 1.54) is 12.4 Å². The largest absolute Gasteiger partial charge is 0.493 e. The number of carbonyl (C=O) groups is 1. The van der Waals surface area contributed by atoms with Gasteiger partial charge in [0.25, 0.3) is 5.91 Å². The zero-order chi connectivity index (χ0) is 20.5. The smallest absolute Gasteiger partial charge is 0.254 e. The Bertz CT molecular complexity index is 931. The molecule has 0 radical (unpaired) electrons. The predicted octanol–water partition coefficient (Wildman–Crippen LogP) is 3.08. The van der Waals surface area contributed by atoms with Crippen LogP contribution < -0.4 is 20.1 Å². The highest BCUT2D eigenvalue weighted by atomic mass is 16.5. The first-order valence-corrected chi connectivity index (χ1v) is 9.28. The first-order chi connectivity index (χ1) is 14.2. The Kier molecular flexibility index (Phi) is 7.00. The monoisotopic (exact) mass is 392 g/mol. The molecule has 0 atom stereocenters. The third kappa shape index (κ3) is 5.68. The fourth-order valence-electron chi connectivity index (χ4n) is 2.77. The Morgan fingerprint density at radius 3 is 2.34 bits per heavy atom. The van der Waals surface area contributed by atoms with E-state index in [-0.39, 0.29) is 5.91 Å². The molecule has 0 bridgehead atoms. The molecule has 0 fully saturated rings. The van der Waals surface area contributed by atoms with Crippen molar-refractivity contribution in [2.24, 2.45) is 0 Å². The van der Waals surface area contributed by atoms with E-state index in [1.807, 2.05) is 48.5 Å². The molecule has 3 aromatic rings. The first kappa shape index (κ1) is 20.1. The molecule has 1 amide bonds. The highest BCUT2D eigenvalue weighted by Gasteiger charge is 2.08. The van der Waals surface area contributed by atoms with E-state index >= 15 is 0 Å². The zero-order valence-electron chi connectivity index (χ0n) is 16.5. The SMILES string of the molecule is COc1ccc(CCNc2ncc(C(=O)NCc3ccccc3)cn2)cc1OC. The van der Waals surface area contributed by atoms with Gasteiger partial charge in [0.1, 0.15) is 0 Å². The maximum Gasteiger partial charge on any atom is 0.254 e.